The third-order valence-electron chi connectivity index (χ3n) is 6.83. The van der Waals surface area contributed by atoms with Gasteiger partial charge < -0.3 is 18.9 Å². The van der Waals surface area contributed by atoms with Gasteiger partial charge in [0.2, 0.25) is 0 Å². The molecule has 0 aliphatic heterocycles. The summed E-state index contributed by atoms with van der Waals surface area (Å²) in [5.41, 5.74) is -0.409. The SMILES string of the molecule is CCCCCCCCC(=O)OCC(COC(=O)c1ccccc1)(COC(=O)c1ccccc1)COC(=O)c1ccccc1. The second kappa shape index (κ2) is 18.2. The van der Waals surface area contributed by atoms with E-state index < -0.39 is 29.3 Å². The summed E-state index contributed by atoms with van der Waals surface area (Å²) in [6.45, 7) is 0.836. The number of rotatable bonds is 18. The molecule has 0 atom stereocenters. The summed E-state index contributed by atoms with van der Waals surface area (Å²) in [6, 6.07) is 25.2. The molecule has 0 N–H and O–H groups in total. The lowest BCUT2D eigenvalue weighted by atomic mass is 9.92. The monoisotopic (exact) mass is 588 g/mol. The van der Waals surface area contributed by atoms with Crippen LogP contribution in [0.15, 0.2) is 91.0 Å². The maximum Gasteiger partial charge on any atom is 0.338 e. The Hall–Kier alpha value is -4.46. The molecule has 228 valence electrons. The van der Waals surface area contributed by atoms with Gasteiger partial charge in [-0.25, -0.2) is 14.4 Å². The van der Waals surface area contributed by atoms with Crippen molar-refractivity contribution in [2.24, 2.45) is 5.41 Å². The average Bonchev–Trinajstić information content (AvgIpc) is 3.06. The zero-order valence-corrected chi connectivity index (χ0v) is 24.7. The predicted octanol–water partition coefficient (Wildman–Crippen LogP) is 6.84. The summed E-state index contributed by atoms with van der Waals surface area (Å²) < 4.78 is 22.5. The van der Waals surface area contributed by atoms with E-state index in [1.807, 2.05) is 0 Å². The highest BCUT2D eigenvalue weighted by atomic mass is 16.6. The van der Waals surface area contributed by atoms with Gasteiger partial charge >= 0.3 is 23.9 Å². The molecule has 0 bridgehead atoms. The maximum absolute atomic E-state index is 12.9. The molecule has 0 amide bonds. The van der Waals surface area contributed by atoms with Crippen LogP contribution in [0.25, 0.3) is 0 Å². The topological polar surface area (TPSA) is 105 Å². The van der Waals surface area contributed by atoms with Crippen LogP contribution in [-0.2, 0) is 23.7 Å². The standard InChI is InChI=1S/C35H40O8/c1-2-3-4-5-6-16-23-31(36)40-24-35(25-41-32(37)28-17-10-7-11-18-28,26-42-33(38)29-19-12-8-13-20-29)27-43-34(39)30-21-14-9-15-22-30/h7-15,17-22H,2-6,16,23-27H2,1H3. The van der Waals surface area contributed by atoms with Crippen LogP contribution in [0.4, 0.5) is 0 Å². The zero-order chi connectivity index (χ0) is 30.8. The molecule has 0 saturated heterocycles. The molecule has 0 radical (unpaired) electrons. The Morgan fingerprint density at radius 3 is 1.23 bits per heavy atom. The van der Waals surface area contributed by atoms with E-state index in [4.69, 9.17) is 18.9 Å². The second-order valence-corrected chi connectivity index (χ2v) is 10.5. The van der Waals surface area contributed by atoms with Crippen molar-refractivity contribution < 1.29 is 38.1 Å². The lowest BCUT2D eigenvalue weighted by molar-refractivity contribution is -0.151. The predicted molar refractivity (Wildman–Crippen MR) is 162 cm³/mol. The first-order chi connectivity index (χ1) is 20.9. The fraction of sp³-hybridized carbons (Fsp3) is 0.371. The molecule has 0 unspecified atom stereocenters. The maximum atomic E-state index is 12.9. The van der Waals surface area contributed by atoms with Crippen molar-refractivity contribution in [2.45, 2.75) is 51.9 Å². The Morgan fingerprint density at radius 2 is 0.837 bits per heavy atom. The minimum atomic E-state index is -1.36. The summed E-state index contributed by atoms with van der Waals surface area (Å²) in [5, 5.41) is 0. The molecule has 0 aromatic heterocycles. The van der Waals surface area contributed by atoms with Crippen LogP contribution in [-0.4, -0.2) is 50.3 Å². The lowest BCUT2D eigenvalue weighted by Gasteiger charge is -2.31. The summed E-state index contributed by atoms with van der Waals surface area (Å²) >= 11 is 0. The van der Waals surface area contributed by atoms with Gasteiger partial charge in [0.05, 0.1) is 16.7 Å². The molecule has 8 heteroatoms. The van der Waals surface area contributed by atoms with E-state index in [1.165, 1.54) is 0 Å². The lowest BCUT2D eigenvalue weighted by Crippen LogP contribution is -2.44. The molecule has 0 aliphatic rings. The third-order valence-corrected chi connectivity index (χ3v) is 6.83. The fourth-order valence-electron chi connectivity index (χ4n) is 4.23. The van der Waals surface area contributed by atoms with Crippen molar-refractivity contribution in [3.8, 4) is 0 Å². The second-order valence-electron chi connectivity index (χ2n) is 10.5. The van der Waals surface area contributed by atoms with Crippen molar-refractivity contribution in [1.29, 1.82) is 0 Å². The van der Waals surface area contributed by atoms with Gasteiger partial charge in [-0.3, -0.25) is 4.79 Å². The summed E-state index contributed by atoms with van der Waals surface area (Å²) in [5.74, 6) is -2.29. The normalized spacial score (nSPS) is 10.9. The van der Waals surface area contributed by atoms with Gasteiger partial charge in [0.15, 0.2) is 0 Å². The molecule has 0 heterocycles. The molecule has 43 heavy (non-hydrogen) atoms. The number of hydrogen-bond acceptors (Lipinski definition) is 8. The molecule has 0 spiro atoms. The Kier molecular flexibility index (Phi) is 14.0. The Labute approximate surface area is 253 Å². The molecular formula is C35H40O8. The van der Waals surface area contributed by atoms with E-state index in [9.17, 15) is 19.2 Å². The van der Waals surface area contributed by atoms with Gasteiger partial charge in [0.1, 0.15) is 31.8 Å². The van der Waals surface area contributed by atoms with Crippen LogP contribution < -0.4 is 0 Å². The van der Waals surface area contributed by atoms with Crippen LogP contribution in [0, 0.1) is 5.41 Å². The van der Waals surface area contributed by atoms with Crippen molar-refractivity contribution in [1.82, 2.24) is 0 Å². The largest absolute Gasteiger partial charge is 0.465 e. The highest BCUT2D eigenvalue weighted by Crippen LogP contribution is 2.24. The molecule has 0 aliphatic carbocycles. The van der Waals surface area contributed by atoms with Gasteiger partial charge in [-0.2, -0.15) is 0 Å². The smallest absolute Gasteiger partial charge is 0.338 e. The number of hydrogen-bond donors (Lipinski definition) is 0. The average molecular weight is 589 g/mol. The number of ether oxygens (including phenoxy) is 4. The van der Waals surface area contributed by atoms with E-state index in [2.05, 4.69) is 6.92 Å². The molecule has 0 saturated carbocycles. The van der Waals surface area contributed by atoms with Crippen molar-refractivity contribution in [3.63, 3.8) is 0 Å². The number of benzene rings is 3. The molecule has 3 rings (SSSR count). The highest BCUT2D eigenvalue weighted by molar-refractivity contribution is 5.90. The molecule has 3 aromatic carbocycles. The van der Waals surface area contributed by atoms with Crippen LogP contribution in [0.2, 0.25) is 0 Å². The Bertz CT molecular complexity index is 1140. The first-order valence-corrected chi connectivity index (χ1v) is 14.7. The van der Waals surface area contributed by atoms with Crippen molar-refractivity contribution in [2.75, 3.05) is 26.4 Å². The quantitative estimate of drug-likeness (QED) is 0.0904. The van der Waals surface area contributed by atoms with Crippen LogP contribution in [0.5, 0.6) is 0 Å². The first-order valence-electron chi connectivity index (χ1n) is 14.7. The van der Waals surface area contributed by atoms with Crippen LogP contribution >= 0.6 is 0 Å². The van der Waals surface area contributed by atoms with E-state index in [1.54, 1.807) is 91.0 Å². The summed E-state index contributed by atoms with van der Waals surface area (Å²) in [7, 11) is 0. The summed E-state index contributed by atoms with van der Waals surface area (Å²) in [6.07, 6.45) is 6.30. The first kappa shape index (κ1) is 33.0. The van der Waals surface area contributed by atoms with Gasteiger partial charge in [-0.15, -0.1) is 0 Å². The van der Waals surface area contributed by atoms with Crippen LogP contribution in [0.1, 0.15) is 82.9 Å². The number of esters is 4. The number of unbranched alkanes of at least 4 members (excludes halogenated alkanes) is 5. The minimum Gasteiger partial charge on any atom is -0.465 e. The van der Waals surface area contributed by atoms with Crippen LogP contribution in [0.3, 0.4) is 0 Å². The fourth-order valence-corrected chi connectivity index (χ4v) is 4.23. The van der Waals surface area contributed by atoms with E-state index in [0.717, 1.165) is 32.1 Å². The van der Waals surface area contributed by atoms with Gasteiger partial charge in [-0.1, -0.05) is 93.6 Å². The van der Waals surface area contributed by atoms with Gasteiger partial charge in [-0.05, 0) is 42.8 Å². The number of carbonyl (C=O) groups is 4. The molecule has 3 aromatic rings. The highest BCUT2D eigenvalue weighted by Gasteiger charge is 2.38. The van der Waals surface area contributed by atoms with E-state index in [-0.39, 0.29) is 32.8 Å². The Morgan fingerprint density at radius 1 is 0.488 bits per heavy atom. The number of carbonyl (C=O) groups excluding carboxylic acids is 4. The van der Waals surface area contributed by atoms with Gasteiger partial charge in [0, 0.05) is 6.42 Å². The molecular weight excluding hydrogens is 548 g/mol. The molecule has 0 fully saturated rings. The van der Waals surface area contributed by atoms with Crippen molar-refractivity contribution >= 4 is 23.9 Å². The van der Waals surface area contributed by atoms with Gasteiger partial charge in [0.25, 0.3) is 0 Å². The molecule has 8 nitrogen and oxygen atoms in total. The zero-order valence-electron chi connectivity index (χ0n) is 24.7. The minimum absolute atomic E-state index is 0.222. The third kappa shape index (κ3) is 11.7. The Balaban J connectivity index is 1.76. The van der Waals surface area contributed by atoms with Crippen molar-refractivity contribution in [3.05, 3.63) is 108 Å². The summed E-state index contributed by atoms with van der Waals surface area (Å²) in [4.78, 5) is 51.3. The van der Waals surface area contributed by atoms with E-state index in [0.29, 0.717) is 23.1 Å². The van der Waals surface area contributed by atoms with E-state index >= 15 is 0 Å².